The first-order valence-corrected chi connectivity index (χ1v) is 7.40. The molecule has 1 fully saturated rings. The molecule has 1 aromatic rings. The van der Waals surface area contributed by atoms with E-state index in [4.69, 9.17) is 5.11 Å². The lowest BCUT2D eigenvalue weighted by atomic mass is 10.0. The average molecular weight is 384 g/mol. The molecule has 2 N–H and O–H groups in total. The van der Waals surface area contributed by atoms with Gasteiger partial charge in [-0.2, -0.15) is 26.3 Å². The van der Waals surface area contributed by atoms with Gasteiger partial charge < -0.3 is 15.3 Å². The molecule has 0 saturated carbocycles. The summed E-state index contributed by atoms with van der Waals surface area (Å²) in [5.74, 6) is -1.95. The van der Waals surface area contributed by atoms with Gasteiger partial charge in [0.25, 0.3) is 0 Å². The highest BCUT2D eigenvalue weighted by atomic mass is 19.4. The Morgan fingerprint density at radius 3 is 2.08 bits per heavy atom. The van der Waals surface area contributed by atoms with Gasteiger partial charge in [0.15, 0.2) is 0 Å². The van der Waals surface area contributed by atoms with Crippen LogP contribution in [0.15, 0.2) is 18.2 Å². The number of carbonyl (C=O) groups excluding carboxylic acids is 1. The molecule has 1 unspecified atom stereocenters. The first-order chi connectivity index (χ1) is 11.9. The van der Waals surface area contributed by atoms with Gasteiger partial charge in [0.2, 0.25) is 5.91 Å². The van der Waals surface area contributed by atoms with Gasteiger partial charge in [-0.15, -0.1) is 0 Å². The minimum absolute atomic E-state index is 0.0146. The number of carbonyl (C=O) groups is 2. The molecule has 5 nitrogen and oxygen atoms in total. The maximum atomic E-state index is 12.8. The molecule has 2 rings (SSSR count). The normalized spacial score (nSPS) is 18.7. The van der Waals surface area contributed by atoms with E-state index >= 15 is 0 Å². The second kappa shape index (κ2) is 7.14. The molecule has 1 aliphatic rings. The van der Waals surface area contributed by atoms with Crippen LogP contribution in [0.3, 0.4) is 0 Å². The summed E-state index contributed by atoms with van der Waals surface area (Å²) in [5.41, 5.74) is -3.44. The molecular formula is C15H14F6N2O3. The van der Waals surface area contributed by atoms with Crippen molar-refractivity contribution >= 4 is 11.9 Å². The minimum atomic E-state index is -5.00. The maximum Gasteiger partial charge on any atom is 0.416 e. The number of nitrogens with one attached hydrogen (secondary N) is 1. The Morgan fingerprint density at radius 2 is 1.62 bits per heavy atom. The predicted octanol–water partition coefficient (Wildman–Crippen LogP) is 2.15. The molecule has 11 heteroatoms. The van der Waals surface area contributed by atoms with Gasteiger partial charge in [-0.05, 0) is 23.8 Å². The van der Waals surface area contributed by atoms with Crippen LogP contribution in [0.1, 0.15) is 16.7 Å². The molecule has 0 aromatic heterocycles. The Labute approximate surface area is 143 Å². The maximum absolute atomic E-state index is 12.8. The number of rotatable bonds is 3. The van der Waals surface area contributed by atoms with Crippen LogP contribution >= 0.6 is 0 Å². The fourth-order valence-corrected chi connectivity index (χ4v) is 2.55. The summed E-state index contributed by atoms with van der Waals surface area (Å²) in [5, 5.41) is 11.6. The van der Waals surface area contributed by atoms with Crippen molar-refractivity contribution in [2.45, 2.75) is 24.8 Å². The molecule has 1 heterocycles. The molecule has 26 heavy (non-hydrogen) atoms. The lowest BCUT2D eigenvalue weighted by Gasteiger charge is -2.31. The van der Waals surface area contributed by atoms with Gasteiger partial charge in [-0.25, -0.2) is 0 Å². The van der Waals surface area contributed by atoms with Crippen LogP contribution in [0.2, 0.25) is 0 Å². The number of nitrogens with zero attached hydrogens (tertiary/aromatic N) is 1. The van der Waals surface area contributed by atoms with Crippen molar-refractivity contribution in [2.24, 2.45) is 0 Å². The number of halogens is 6. The van der Waals surface area contributed by atoms with Crippen LogP contribution in [0.25, 0.3) is 0 Å². The molecule has 0 aliphatic carbocycles. The van der Waals surface area contributed by atoms with Gasteiger partial charge in [0.1, 0.15) is 6.04 Å². The Hall–Kier alpha value is -2.30. The van der Waals surface area contributed by atoms with Crippen molar-refractivity contribution < 1.29 is 41.0 Å². The van der Waals surface area contributed by atoms with E-state index < -0.39 is 53.4 Å². The largest absolute Gasteiger partial charge is 0.480 e. The number of carboxylic acid groups (broad SMARTS) is 1. The van der Waals surface area contributed by atoms with E-state index in [1.165, 1.54) is 0 Å². The van der Waals surface area contributed by atoms with Gasteiger partial charge in [-0.3, -0.25) is 9.59 Å². The van der Waals surface area contributed by atoms with Gasteiger partial charge in [0, 0.05) is 19.6 Å². The van der Waals surface area contributed by atoms with E-state index in [2.05, 4.69) is 5.32 Å². The smallest absolute Gasteiger partial charge is 0.416 e. The van der Waals surface area contributed by atoms with E-state index in [9.17, 15) is 35.9 Å². The zero-order valence-corrected chi connectivity index (χ0v) is 13.1. The SMILES string of the molecule is O=C(O)C1CN(C(=O)Cc2cc(C(F)(F)F)cc(C(F)(F)F)c2)CCN1. The predicted molar refractivity (Wildman–Crippen MR) is 76.2 cm³/mol. The first-order valence-electron chi connectivity index (χ1n) is 7.40. The lowest BCUT2D eigenvalue weighted by Crippen LogP contribution is -2.56. The Bertz CT molecular complexity index is 669. The number of piperazine rings is 1. The Kier molecular flexibility index (Phi) is 5.49. The summed E-state index contributed by atoms with van der Waals surface area (Å²) < 4.78 is 77.0. The van der Waals surface area contributed by atoms with Crippen molar-refractivity contribution in [1.82, 2.24) is 10.2 Å². The van der Waals surface area contributed by atoms with Crippen LogP contribution < -0.4 is 5.32 Å². The first kappa shape index (κ1) is 20.0. The van der Waals surface area contributed by atoms with Crippen molar-refractivity contribution in [1.29, 1.82) is 0 Å². The molecule has 1 saturated heterocycles. The number of hydrogen-bond donors (Lipinski definition) is 2. The second-order valence-corrected chi connectivity index (χ2v) is 5.78. The summed E-state index contributed by atoms with van der Waals surface area (Å²) in [6, 6.07) is -0.0762. The zero-order valence-electron chi connectivity index (χ0n) is 13.1. The van der Waals surface area contributed by atoms with Crippen LogP contribution in [0, 0.1) is 0 Å². The summed E-state index contributed by atoms with van der Waals surface area (Å²) in [6.07, 6.45) is -10.7. The van der Waals surface area contributed by atoms with Gasteiger partial charge in [-0.1, -0.05) is 0 Å². The van der Waals surface area contributed by atoms with Crippen molar-refractivity contribution in [3.05, 3.63) is 34.9 Å². The summed E-state index contributed by atoms with van der Waals surface area (Å²) in [4.78, 5) is 24.2. The van der Waals surface area contributed by atoms with E-state index in [1.807, 2.05) is 0 Å². The third-order valence-electron chi connectivity index (χ3n) is 3.83. The molecular weight excluding hydrogens is 370 g/mol. The fourth-order valence-electron chi connectivity index (χ4n) is 2.55. The monoisotopic (exact) mass is 384 g/mol. The fraction of sp³-hybridized carbons (Fsp3) is 0.467. The standard InChI is InChI=1S/C15H14F6N2O3/c16-14(17,18)9-3-8(4-10(6-9)15(19,20)21)5-12(24)23-2-1-22-11(7-23)13(25)26/h3-4,6,11,22H,1-2,5,7H2,(H,25,26). The van der Waals surface area contributed by atoms with E-state index in [0.29, 0.717) is 12.1 Å². The van der Waals surface area contributed by atoms with E-state index in [0.717, 1.165) is 4.90 Å². The van der Waals surface area contributed by atoms with Crippen molar-refractivity contribution in [2.75, 3.05) is 19.6 Å². The molecule has 0 radical (unpaired) electrons. The van der Waals surface area contributed by atoms with E-state index in [1.54, 1.807) is 0 Å². The minimum Gasteiger partial charge on any atom is -0.480 e. The molecule has 144 valence electrons. The van der Waals surface area contributed by atoms with Gasteiger partial charge in [0.05, 0.1) is 17.5 Å². The van der Waals surface area contributed by atoms with Crippen LogP contribution in [-0.2, 0) is 28.4 Å². The molecule has 1 aromatic carbocycles. The summed E-state index contributed by atoms with van der Waals surface area (Å²) in [6.45, 7) is 0.0338. The molecule has 1 atom stereocenters. The van der Waals surface area contributed by atoms with Gasteiger partial charge >= 0.3 is 18.3 Å². The number of carboxylic acids is 1. The Morgan fingerprint density at radius 1 is 1.08 bits per heavy atom. The number of amides is 1. The van der Waals surface area contributed by atoms with E-state index in [-0.39, 0.29) is 25.7 Å². The zero-order chi connectivity index (χ0) is 19.7. The third kappa shape index (κ3) is 4.87. The van der Waals surface area contributed by atoms with Crippen LogP contribution in [-0.4, -0.2) is 47.6 Å². The highest BCUT2D eigenvalue weighted by Gasteiger charge is 2.37. The number of hydrogen-bond acceptors (Lipinski definition) is 3. The van der Waals surface area contributed by atoms with Crippen molar-refractivity contribution in [3.63, 3.8) is 0 Å². The lowest BCUT2D eigenvalue weighted by molar-refractivity contribution is -0.145. The van der Waals surface area contributed by atoms with Crippen molar-refractivity contribution in [3.8, 4) is 0 Å². The Balaban J connectivity index is 2.25. The second-order valence-electron chi connectivity index (χ2n) is 5.78. The topological polar surface area (TPSA) is 69.6 Å². The average Bonchev–Trinajstić information content (AvgIpc) is 2.53. The van der Waals surface area contributed by atoms with Crippen LogP contribution in [0.4, 0.5) is 26.3 Å². The molecule has 0 bridgehead atoms. The summed E-state index contributed by atoms with van der Waals surface area (Å²) in [7, 11) is 0. The van der Waals surface area contributed by atoms with Crippen LogP contribution in [0.5, 0.6) is 0 Å². The highest BCUT2D eigenvalue weighted by molar-refractivity contribution is 5.81. The molecule has 1 aliphatic heterocycles. The summed E-state index contributed by atoms with van der Waals surface area (Å²) >= 11 is 0. The third-order valence-corrected chi connectivity index (χ3v) is 3.83. The quantitative estimate of drug-likeness (QED) is 0.784. The number of aliphatic carboxylic acids is 1. The molecule has 0 spiro atoms. The molecule has 1 amide bonds. The number of benzene rings is 1. The highest BCUT2D eigenvalue weighted by Crippen LogP contribution is 2.36. The number of alkyl halides is 6.